The van der Waals surface area contributed by atoms with Crippen LogP contribution in [0, 0.1) is 0 Å². The Morgan fingerprint density at radius 2 is 2.24 bits per heavy atom. The number of ketones is 1. The second-order valence-corrected chi connectivity index (χ2v) is 4.85. The third-order valence-corrected chi connectivity index (χ3v) is 3.47. The summed E-state index contributed by atoms with van der Waals surface area (Å²) in [6.07, 6.45) is 2.23. The van der Waals surface area contributed by atoms with Crippen LogP contribution in [0.15, 0.2) is 0 Å². The standard InChI is InChI=1S/C10H13N3O2S.ClH/c1-5(11)9(15)13-10-12-6-3-2-4-7(14)8(6)16-10;/h5H,2-4,11H2,1H3,(H,12,13,15);1H. The number of amides is 1. The zero-order chi connectivity index (χ0) is 11.7. The van der Waals surface area contributed by atoms with Gasteiger partial charge in [0.15, 0.2) is 10.9 Å². The maximum atomic E-state index is 11.6. The number of rotatable bonds is 2. The molecule has 1 amide bonds. The van der Waals surface area contributed by atoms with Crippen molar-refractivity contribution < 1.29 is 9.59 Å². The summed E-state index contributed by atoms with van der Waals surface area (Å²) < 4.78 is 0. The summed E-state index contributed by atoms with van der Waals surface area (Å²) in [5.41, 5.74) is 6.24. The third kappa shape index (κ3) is 3.02. The molecule has 0 aliphatic heterocycles. The molecule has 5 nitrogen and oxygen atoms in total. The van der Waals surface area contributed by atoms with E-state index in [1.54, 1.807) is 6.92 Å². The molecule has 0 saturated carbocycles. The van der Waals surface area contributed by atoms with Crippen molar-refractivity contribution in [3.63, 3.8) is 0 Å². The van der Waals surface area contributed by atoms with Crippen LogP contribution in [0.4, 0.5) is 5.13 Å². The summed E-state index contributed by atoms with van der Waals surface area (Å²) in [5, 5.41) is 3.08. The lowest BCUT2D eigenvalue weighted by Crippen LogP contribution is -2.32. The first-order chi connectivity index (χ1) is 7.58. The minimum atomic E-state index is -0.573. The summed E-state index contributed by atoms with van der Waals surface area (Å²) in [4.78, 5) is 27.8. The third-order valence-electron chi connectivity index (χ3n) is 2.41. The number of carbonyl (C=O) groups is 2. The lowest BCUT2D eigenvalue weighted by atomic mass is 10.0. The number of anilines is 1. The molecule has 2 rings (SSSR count). The van der Waals surface area contributed by atoms with Gasteiger partial charge in [-0.25, -0.2) is 4.98 Å². The molecule has 1 aliphatic rings. The summed E-state index contributed by atoms with van der Waals surface area (Å²) in [6, 6.07) is -0.573. The number of halogens is 1. The van der Waals surface area contributed by atoms with E-state index in [0.29, 0.717) is 16.4 Å². The highest BCUT2D eigenvalue weighted by Gasteiger charge is 2.23. The molecule has 0 spiro atoms. The van der Waals surface area contributed by atoms with E-state index in [0.717, 1.165) is 18.5 Å². The summed E-state index contributed by atoms with van der Waals surface area (Å²) in [7, 11) is 0. The number of fused-ring (bicyclic) bond motifs is 1. The van der Waals surface area contributed by atoms with Crippen LogP contribution >= 0.6 is 23.7 Å². The van der Waals surface area contributed by atoms with E-state index < -0.39 is 6.04 Å². The van der Waals surface area contributed by atoms with Gasteiger partial charge in [0.2, 0.25) is 5.91 Å². The van der Waals surface area contributed by atoms with Crippen molar-refractivity contribution in [3.8, 4) is 0 Å². The molecule has 3 N–H and O–H groups in total. The molecule has 1 aliphatic carbocycles. The van der Waals surface area contributed by atoms with Gasteiger partial charge in [0, 0.05) is 6.42 Å². The predicted molar refractivity (Wildman–Crippen MR) is 68.9 cm³/mol. The van der Waals surface area contributed by atoms with Crippen molar-refractivity contribution in [1.29, 1.82) is 0 Å². The van der Waals surface area contributed by atoms with Crippen LogP contribution in [-0.2, 0) is 11.2 Å². The number of aryl methyl sites for hydroxylation is 1. The largest absolute Gasteiger partial charge is 0.320 e. The first kappa shape index (κ1) is 14.1. The van der Waals surface area contributed by atoms with Crippen LogP contribution < -0.4 is 11.1 Å². The highest BCUT2D eigenvalue weighted by Crippen LogP contribution is 2.29. The summed E-state index contributed by atoms with van der Waals surface area (Å²) in [5.74, 6) is -0.154. The normalized spacial score (nSPS) is 15.8. The minimum absolute atomic E-state index is 0. The molecule has 1 atom stereocenters. The van der Waals surface area contributed by atoms with Crippen molar-refractivity contribution in [2.75, 3.05) is 5.32 Å². The number of aromatic nitrogens is 1. The predicted octanol–water partition coefficient (Wildman–Crippen LogP) is 1.37. The van der Waals surface area contributed by atoms with Crippen LogP contribution in [0.2, 0.25) is 0 Å². The number of nitrogens with one attached hydrogen (secondary N) is 1. The molecule has 0 saturated heterocycles. The quantitative estimate of drug-likeness (QED) is 0.854. The van der Waals surface area contributed by atoms with E-state index in [4.69, 9.17) is 5.73 Å². The Morgan fingerprint density at radius 1 is 1.53 bits per heavy atom. The Balaban J connectivity index is 0.00000144. The number of nitrogens with two attached hydrogens (primary N) is 1. The second kappa shape index (κ2) is 5.57. The van der Waals surface area contributed by atoms with Crippen molar-refractivity contribution >= 4 is 40.6 Å². The first-order valence-corrected chi connectivity index (χ1v) is 5.99. The van der Waals surface area contributed by atoms with Gasteiger partial charge >= 0.3 is 0 Å². The average molecular weight is 276 g/mol. The highest BCUT2D eigenvalue weighted by atomic mass is 35.5. The number of nitrogens with zero attached hydrogens (tertiary/aromatic N) is 1. The molecule has 94 valence electrons. The Hall–Kier alpha value is -0.980. The molecular formula is C10H14ClN3O2S. The number of carbonyl (C=O) groups excluding carboxylic acids is 2. The van der Waals surface area contributed by atoms with E-state index in [1.807, 2.05) is 0 Å². The molecule has 0 fully saturated rings. The van der Waals surface area contributed by atoms with Gasteiger partial charge in [-0.3, -0.25) is 9.59 Å². The number of hydrogen-bond acceptors (Lipinski definition) is 5. The zero-order valence-corrected chi connectivity index (χ0v) is 11.0. The fourth-order valence-corrected chi connectivity index (χ4v) is 2.52. The van der Waals surface area contributed by atoms with Crippen LogP contribution in [0.1, 0.15) is 35.1 Å². The van der Waals surface area contributed by atoms with Crippen molar-refractivity contribution in [1.82, 2.24) is 4.98 Å². The minimum Gasteiger partial charge on any atom is -0.320 e. The Morgan fingerprint density at radius 3 is 2.82 bits per heavy atom. The molecule has 0 aromatic carbocycles. The first-order valence-electron chi connectivity index (χ1n) is 5.17. The van der Waals surface area contributed by atoms with Gasteiger partial charge in [0.25, 0.3) is 0 Å². The van der Waals surface area contributed by atoms with E-state index in [2.05, 4.69) is 10.3 Å². The van der Waals surface area contributed by atoms with Gasteiger partial charge in [-0.15, -0.1) is 12.4 Å². The smallest absolute Gasteiger partial charge is 0.242 e. The van der Waals surface area contributed by atoms with Crippen LogP contribution in [0.25, 0.3) is 0 Å². The molecule has 1 aromatic rings. The van der Waals surface area contributed by atoms with Crippen molar-refractivity contribution in [2.24, 2.45) is 5.73 Å². The summed E-state index contributed by atoms with van der Waals surface area (Å²) >= 11 is 1.24. The fourth-order valence-electron chi connectivity index (χ4n) is 1.54. The Bertz CT molecular complexity index is 445. The average Bonchev–Trinajstić information content (AvgIpc) is 2.61. The van der Waals surface area contributed by atoms with Gasteiger partial charge < -0.3 is 11.1 Å². The Kier molecular flexibility index (Phi) is 4.62. The maximum Gasteiger partial charge on any atom is 0.242 e. The SMILES string of the molecule is CC(N)C(=O)Nc1nc2c(s1)C(=O)CCC2.Cl. The molecule has 1 heterocycles. The maximum absolute atomic E-state index is 11.6. The van der Waals surface area contributed by atoms with Gasteiger partial charge in [-0.05, 0) is 19.8 Å². The number of Topliss-reactive ketones (excluding diaryl/α,β-unsaturated/α-hetero) is 1. The van der Waals surface area contributed by atoms with E-state index in [1.165, 1.54) is 11.3 Å². The second-order valence-electron chi connectivity index (χ2n) is 3.85. The Labute approximate surface area is 109 Å². The lowest BCUT2D eigenvalue weighted by Gasteiger charge is -2.05. The summed E-state index contributed by atoms with van der Waals surface area (Å²) in [6.45, 7) is 1.61. The molecular weight excluding hydrogens is 262 g/mol. The fraction of sp³-hybridized carbons (Fsp3) is 0.500. The molecule has 0 bridgehead atoms. The topological polar surface area (TPSA) is 85.1 Å². The van der Waals surface area contributed by atoms with Gasteiger partial charge in [0.1, 0.15) is 0 Å². The number of thiazole rings is 1. The van der Waals surface area contributed by atoms with Crippen molar-refractivity contribution in [2.45, 2.75) is 32.2 Å². The highest BCUT2D eigenvalue weighted by molar-refractivity contribution is 7.17. The van der Waals surface area contributed by atoms with Gasteiger partial charge in [-0.2, -0.15) is 0 Å². The van der Waals surface area contributed by atoms with Crippen LogP contribution in [-0.4, -0.2) is 22.7 Å². The van der Waals surface area contributed by atoms with Gasteiger partial charge in [-0.1, -0.05) is 11.3 Å². The zero-order valence-electron chi connectivity index (χ0n) is 9.36. The molecule has 0 radical (unpaired) electrons. The van der Waals surface area contributed by atoms with E-state index >= 15 is 0 Å². The molecule has 1 aromatic heterocycles. The van der Waals surface area contributed by atoms with Gasteiger partial charge in [0.05, 0.1) is 16.6 Å². The van der Waals surface area contributed by atoms with E-state index in [-0.39, 0.29) is 24.1 Å². The van der Waals surface area contributed by atoms with E-state index in [9.17, 15) is 9.59 Å². The van der Waals surface area contributed by atoms with Crippen LogP contribution in [0.3, 0.4) is 0 Å². The monoisotopic (exact) mass is 275 g/mol. The molecule has 17 heavy (non-hydrogen) atoms. The van der Waals surface area contributed by atoms with Crippen molar-refractivity contribution in [3.05, 3.63) is 10.6 Å². The lowest BCUT2D eigenvalue weighted by molar-refractivity contribution is -0.117. The molecule has 1 unspecified atom stereocenters. The van der Waals surface area contributed by atoms with Crippen LogP contribution in [0.5, 0.6) is 0 Å². The molecule has 7 heteroatoms. The number of hydrogen-bond donors (Lipinski definition) is 2.